The molecule has 0 amide bonds. The minimum Gasteiger partial charge on any atom is -0.459 e. The second-order valence-corrected chi connectivity index (χ2v) is 8.36. The van der Waals surface area contributed by atoms with E-state index in [9.17, 15) is 14.4 Å². The number of hydrogen-bond acceptors (Lipinski definition) is 4. The maximum absolute atomic E-state index is 16.5. The van der Waals surface area contributed by atoms with Crippen molar-refractivity contribution in [3.8, 4) is 0 Å². The van der Waals surface area contributed by atoms with Crippen LogP contribution in [0.1, 0.15) is 58.8 Å². The Labute approximate surface area is 140 Å². The summed E-state index contributed by atoms with van der Waals surface area (Å²) >= 11 is 0. The smallest absolute Gasteiger partial charge is 0.306 e. The van der Waals surface area contributed by atoms with E-state index in [2.05, 4.69) is 0 Å². The van der Waals surface area contributed by atoms with Crippen molar-refractivity contribution in [3.05, 3.63) is 11.6 Å². The molecule has 3 fully saturated rings. The number of Topliss-reactive ketones (excluding diaryl/α,β-unsaturated/α-hetero) is 1. The van der Waals surface area contributed by atoms with Crippen LogP contribution >= 0.6 is 0 Å². The van der Waals surface area contributed by atoms with Crippen molar-refractivity contribution >= 4 is 17.5 Å². The first-order valence-electron chi connectivity index (χ1n) is 8.89. The third-order valence-electron chi connectivity index (χ3n) is 7.15. The van der Waals surface area contributed by atoms with Gasteiger partial charge >= 0.3 is 5.97 Å². The molecule has 0 radical (unpaired) electrons. The number of allylic oxidation sites excluding steroid dienone is 2. The molecule has 1 saturated heterocycles. The van der Waals surface area contributed by atoms with Crippen LogP contribution in [0, 0.1) is 17.3 Å². The fraction of sp³-hybridized carbons (Fsp3) is 0.737. The summed E-state index contributed by atoms with van der Waals surface area (Å²) in [5, 5.41) is 0. The van der Waals surface area contributed by atoms with Crippen LogP contribution in [0.3, 0.4) is 0 Å². The van der Waals surface area contributed by atoms with Gasteiger partial charge < -0.3 is 4.74 Å². The van der Waals surface area contributed by atoms with E-state index in [1.165, 1.54) is 0 Å². The number of esters is 1. The Bertz CT molecular complexity index is 683. The first-order valence-corrected chi connectivity index (χ1v) is 8.89. The molecule has 130 valence electrons. The van der Waals surface area contributed by atoms with Gasteiger partial charge in [0.2, 0.25) is 0 Å². The van der Waals surface area contributed by atoms with Gasteiger partial charge in [-0.3, -0.25) is 14.4 Å². The SMILES string of the molecule is C[C@@]12CC(=O)[C@@]3(F)[C@@H](CCC4=CC(=O)CC[C@@]43C)[C@H]1CCC(=O)O2. The second-order valence-electron chi connectivity index (χ2n) is 8.36. The lowest BCUT2D eigenvalue weighted by molar-refractivity contribution is -0.210. The highest BCUT2D eigenvalue weighted by molar-refractivity contribution is 5.95. The van der Waals surface area contributed by atoms with E-state index in [4.69, 9.17) is 4.74 Å². The van der Waals surface area contributed by atoms with Crippen LogP contribution in [-0.4, -0.2) is 28.8 Å². The molecule has 4 aliphatic rings. The summed E-state index contributed by atoms with van der Waals surface area (Å²) in [5.74, 6) is -1.28. The van der Waals surface area contributed by atoms with Crippen molar-refractivity contribution in [2.45, 2.75) is 70.1 Å². The van der Waals surface area contributed by atoms with Gasteiger partial charge in [0.15, 0.2) is 17.2 Å². The molecular formula is C19H23FO4. The molecule has 4 rings (SSSR count). The Morgan fingerprint density at radius 1 is 1.08 bits per heavy atom. The van der Waals surface area contributed by atoms with Gasteiger partial charge in [0.05, 0.1) is 0 Å². The van der Waals surface area contributed by atoms with Crippen LogP contribution in [0.2, 0.25) is 0 Å². The van der Waals surface area contributed by atoms with Crippen molar-refractivity contribution in [1.82, 2.24) is 0 Å². The standard InChI is InChI=1S/C19H23FO4/c1-17-8-7-12(21)9-11(17)3-4-14-13-5-6-16(23)24-18(13,2)10-15(22)19(14,17)20/h9,13-14H,3-8,10H2,1-2H3/t13-,14+,17+,18-,19+/m1/s1. The average molecular weight is 334 g/mol. The molecule has 1 aliphatic heterocycles. The van der Waals surface area contributed by atoms with E-state index in [0.717, 1.165) is 5.57 Å². The van der Waals surface area contributed by atoms with Crippen molar-refractivity contribution < 1.29 is 23.5 Å². The third-order valence-corrected chi connectivity index (χ3v) is 7.15. The lowest BCUT2D eigenvalue weighted by Crippen LogP contribution is -2.68. The second kappa shape index (κ2) is 4.77. The molecule has 0 aromatic heterocycles. The monoisotopic (exact) mass is 334 g/mol. The lowest BCUT2D eigenvalue weighted by Gasteiger charge is -2.60. The Morgan fingerprint density at radius 2 is 1.79 bits per heavy atom. The van der Waals surface area contributed by atoms with Crippen molar-refractivity contribution in [1.29, 1.82) is 0 Å². The van der Waals surface area contributed by atoms with Crippen LogP contribution in [0.25, 0.3) is 0 Å². The molecule has 5 atom stereocenters. The van der Waals surface area contributed by atoms with Gasteiger partial charge in [0.25, 0.3) is 0 Å². The number of carbonyl (C=O) groups is 3. The summed E-state index contributed by atoms with van der Waals surface area (Å²) in [7, 11) is 0. The fourth-order valence-corrected chi connectivity index (χ4v) is 5.84. The van der Waals surface area contributed by atoms with Gasteiger partial charge in [-0.25, -0.2) is 4.39 Å². The number of ether oxygens (including phenoxy) is 1. The van der Waals surface area contributed by atoms with Gasteiger partial charge in [-0.1, -0.05) is 12.5 Å². The molecule has 0 spiro atoms. The quantitative estimate of drug-likeness (QED) is 0.639. The number of alkyl halides is 1. The molecule has 0 unspecified atom stereocenters. The van der Waals surface area contributed by atoms with Crippen LogP contribution in [-0.2, 0) is 19.1 Å². The van der Waals surface area contributed by atoms with Crippen molar-refractivity contribution in [3.63, 3.8) is 0 Å². The largest absolute Gasteiger partial charge is 0.459 e. The number of carbonyl (C=O) groups excluding carboxylic acids is 3. The van der Waals surface area contributed by atoms with E-state index in [-0.39, 0.29) is 24.1 Å². The van der Waals surface area contributed by atoms with Crippen molar-refractivity contribution in [2.24, 2.45) is 17.3 Å². The average Bonchev–Trinajstić information content (AvgIpc) is 2.49. The highest BCUT2D eigenvalue weighted by Gasteiger charge is 2.70. The molecule has 0 N–H and O–H groups in total. The first kappa shape index (κ1) is 16.0. The number of hydrogen-bond donors (Lipinski definition) is 0. The summed E-state index contributed by atoms with van der Waals surface area (Å²) in [4.78, 5) is 36.5. The molecule has 0 aromatic carbocycles. The molecule has 0 aromatic rings. The Hall–Kier alpha value is -1.52. The Balaban J connectivity index is 1.81. The number of rotatable bonds is 0. The van der Waals surface area contributed by atoms with Crippen LogP contribution in [0.4, 0.5) is 4.39 Å². The molecule has 1 heterocycles. The molecule has 24 heavy (non-hydrogen) atoms. The van der Waals surface area contributed by atoms with E-state index < -0.39 is 28.4 Å². The normalized spacial score (nSPS) is 48.0. The number of ketones is 2. The number of halogens is 1. The number of fused-ring (bicyclic) bond motifs is 5. The molecule has 5 heteroatoms. The molecule has 4 nitrogen and oxygen atoms in total. The zero-order chi connectivity index (χ0) is 17.3. The summed E-state index contributed by atoms with van der Waals surface area (Å²) in [6.45, 7) is 3.59. The minimum absolute atomic E-state index is 0.0317. The summed E-state index contributed by atoms with van der Waals surface area (Å²) in [6.07, 6.45) is 4.24. The molecule has 2 saturated carbocycles. The molecule has 3 aliphatic carbocycles. The highest BCUT2D eigenvalue weighted by Crippen LogP contribution is 2.64. The van der Waals surface area contributed by atoms with Gasteiger partial charge in [-0.15, -0.1) is 0 Å². The van der Waals surface area contributed by atoms with Crippen LogP contribution in [0.5, 0.6) is 0 Å². The summed E-state index contributed by atoms with van der Waals surface area (Å²) in [6, 6.07) is 0. The maximum atomic E-state index is 16.5. The van der Waals surface area contributed by atoms with Gasteiger partial charge in [-0.2, -0.15) is 0 Å². The van der Waals surface area contributed by atoms with Crippen LogP contribution < -0.4 is 0 Å². The predicted molar refractivity (Wildman–Crippen MR) is 83.8 cm³/mol. The van der Waals surface area contributed by atoms with E-state index in [1.807, 2.05) is 6.92 Å². The highest BCUT2D eigenvalue weighted by atomic mass is 19.1. The zero-order valence-electron chi connectivity index (χ0n) is 14.2. The molecule has 0 bridgehead atoms. The van der Waals surface area contributed by atoms with E-state index >= 15 is 4.39 Å². The lowest BCUT2D eigenvalue weighted by atomic mass is 9.46. The predicted octanol–water partition coefficient (Wildman–Crippen LogP) is 3.09. The van der Waals surface area contributed by atoms with Gasteiger partial charge in [-0.05, 0) is 38.7 Å². The van der Waals surface area contributed by atoms with E-state index in [0.29, 0.717) is 38.5 Å². The summed E-state index contributed by atoms with van der Waals surface area (Å²) < 4.78 is 22.0. The van der Waals surface area contributed by atoms with Crippen molar-refractivity contribution in [2.75, 3.05) is 0 Å². The zero-order valence-corrected chi connectivity index (χ0v) is 14.2. The van der Waals surface area contributed by atoms with Gasteiger partial charge in [0, 0.05) is 36.5 Å². The van der Waals surface area contributed by atoms with E-state index in [1.54, 1.807) is 13.0 Å². The maximum Gasteiger partial charge on any atom is 0.306 e. The molecular weight excluding hydrogens is 311 g/mol. The minimum atomic E-state index is -1.95. The van der Waals surface area contributed by atoms with Gasteiger partial charge in [0.1, 0.15) is 5.60 Å². The third kappa shape index (κ3) is 1.81. The first-order chi connectivity index (χ1) is 11.2. The summed E-state index contributed by atoms with van der Waals surface area (Å²) in [5.41, 5.74) is -2.94. The van der Waals surface area contributed by atoms with Crippen LogP contribution in [0.15, 0.2) is 11.6 Å². The Morgan fingerprint density at radius 3 is 2.54 bits per heavy atom. The topological polar surface area (TPSA) is 60.4 Å². The Kier molecular flexibility index (Phi) is 3.17. The fourth-order valence-electron chi connectivity index (χ4n) is 5.84.